The second-order valence-corrected chi connectivity index (χ2v) is 3.90. The average molecular weight is 240 g/mol. The van der Waals surface area contributed by atoms with Crippen molar-refractivity contribution in [1.82, 2.24) is 0 Å². The standard InChI is InChI=1S/C13H17FO3/c1-4-16-12-6-5-11(14)7-10(12)8-13(15)17-9(2)3/h5-7,9H,4,8H2,1-3H3. The highest BCUT2D eigenvalue weighted by atomic mass is 19.1. The van der Waals surface area contributed by atoms with Crippen LogP contribution in [0.15, 0.2) is 18.2 Å². The van der Waals surface area contributed by atoms with Gasteiger partial charge in [-0.3, -0.25) is 4.79 Å². The second kappa shape index (κ2) is 6.23. The van der Waals surface area contributed by atoms with Crippen LogP contribution >= 0.6 is 0 Å². The van der Waals surface area contributed by atoms with Crippen LogP contribution in [0.25, 0.3) is 0 Å². The second-order valence-electron chi connectivity index (χ2n) is 3.90. The number of hydrogen-bond acceptors (Lipinski definition) is 3. The Labute approximate surface area is 101 Å². The largest absolute Gasteiger partial charge is 0.494 e. The normalized spacial score (nSPS) is 10.4. The molecule has 0 N–H and O–H groups in total. The predicted octanol–water partition coefficient (Wildman–Crippen LogP) is 2.72. The maximum atomic E-state index is 13.1. The fourth-order valence-corrected chi connectivity index (χ4v) is 1.44. The van der Waals surface area contributed by atoms with Crippen LogP contribution in [-0.4, -0.2) is 18.7 Å². The van der Waals surface area contributed by atoms with E-state index in [9.17, 15) is 9.18 Å². The summed E-state index contributed by atoms with van der Waals surface area (Å²) in [6.45, 7) is 5.84. The minimum Gasteiger partial charge on any atom is -0.494 e. The van der Waals surface area contributed by atoms with E-state index in [4.69, 9.17) is 9.47 Å². The van der Waals surface area contributed by atoms with Gasteiger partial charge in [-0.1, -0.05) is 0 Å². The quantitative estimate of drug-likeness (QED) is 0.742. The third-order valence-electron chi connectivity index (χ3n) is 2.02. The summed E-state index contributed by atoms with van der Waals surface area (Å²) in [5.74, 6) is -0.248. The molecule has 94 valence electrons. The SMILES string of the molecule is CCOc1ccc(F)cc1CC(=O)OC(C)C. The molecule has 4 heteroatoms. The molecule has 0 radical (unpaired) electrons. The van der Waals surface area contributed by atoms with Crippen molar-refractivity contribution in [2.45, 2.75) is 33.3 Å². The summed E-state index contributed by atoms with van der Waals surface area (Å²) >= 11 is 0. The Kier molecular flexibility index (Phi) is 4.94. The average Bonchev–Trinajstić information content (AvgIpc) is 2.21. The van der Waals surface area contributed by atoms with Crippen LogP contribution in [0.2, 0.25) is 0 Å². The van der Waals surface area contributed by atoms with E-state index in [0.717, 1.165) is 0 Å². The third-order valence-corrected chi connectivity index (χ3v) is 2.02. The zero-order valence-corrected chi connectivity index (χ0v) is 10.3. The van der Waals surface area contributed by atoms with Gasteiger partial charge in [-0.25, -0.2) is 4.39 Å². The number of halogens is 1. The van der Waals surface area contributed by atoms with E-state index in [1.54, 1.807) is 13.8 Å². The summed E-state index contributed by atoms with van der Waals surface area (Å²) in [5.41, 5.74) is 0.512. The van der Waals surface area contributed by atoms with Gasteiger partial charge in [0, 0.05) is 5.56 Å². The van der Waals surface area contributed by atoms with Crippen LogP contribution in [0, 0.1) is 5.82 Å². The van der Waals surface area contributed by atoms with Gasteiger partial charge in [0.05, 0.1) is 19.1 Å². The van der Waals surface area contributed by atoms with E-state index in [0.29, 0.717) is 17.9 Å². The van der Waals surface area contributed by atoms with Crippen molar-refractivity contribution < 1.29 is 18.7 Å². The lowest BCUT2D eigenvalue weighted by Gasteiger charge is -2.11. The Hall–Kier alpha value is -1.58. The van der Waals surface area contributed by atoms with Crippen molar-refractivity contribution in [2.75, 3.05) is 6.61 Å². The molecule has 0 unspecified atom stereocenters. The minimum absolute atomic E-state index is 0.0191. The van der Waals surface area contributed by atoms with Gasteiger partial charge < -0.3 is 9.47 Å². The first-order valence-corrected chi connectivity index (χ1v) is 5.63. The molecular formula is C13H17FO3. The van der Waals surface area contributed by atoms with Crippen molar-refractivity contribution in [3.63, 3.8) is 0 Å². The summed E-state index contributed by atoms with van der Waals surface area (Å²) in [6.07, 6.45) is -0.155. The third kappa shape index (κ3) is 4.43. The lowest BCUT2D eigenvalue weighted by molar-refractivity contribution is -0.146. The Morgan fingerprint density at radius 2 is 2.12 bits per heavy atom. The highest BCUT2D eigenvalue weighted by Crippen LogP contribution is 2.20. The van der Waals surface area contributed by atoms with Gasteiger partial charge in [-0.05, 0) is 39.0 Å². The molecule has 0 spiro atoms. The van der Waals surface area contributed by atoms with E-state index in [1.807, 2.05) is 6.92 Å². The Balaban J connectivity index is 2.80. The van der Waals surface area contributed by atoms with Crippen LogP contribution < -0.4 is 4.74 Å². The number of esters is 1. The number of benzene rings is 1. The summed E-state index contributed by atoms with van der Waals surface area (Å²) in [6, 6.07) is 4.13. The molecule has 0 aliphatic carbocycles. The van der Waals surface area contributed by atoms with Gasteiger partial charge in [0.15, 0.2) is 0 Å². The van der Waals surface area contributed by atoms with E-state index in [-0.39, 0.29) is 24.3 Å². The Morgan fingerprint density at radius 3 is 2.71 bits per heavy atom. The fourth-order valence-electron chi connectivity index (χ4n) is 1.44. The summed E-state index contributed by atoms with van der Waals surface area (Å²) < 4.78 is 23.4. The highest BCUT2D eigenvalue weighted by molar-refractivity contribution is 5.73. The molecule has 0 bridgehead atoms. The predicted molar refractivity (Wildman–Crippen MR) is 62.5 cm³/mol. The summed E-state index contributed by atoms with van der Waals surface area (Å²) in [4.78, 5) is 11.5. The van der Waals surface area contributed by atoms with Gasteiger partial charge in [-0.15, -0.1) is 0 Å². The molecule has 0 heterocycles. The molecular weight excluding hydrogens is 223 g/mol. The van der Waals surface area contributed by atoms with Crippen LogP contribution in [0.3, 0.4) is 0 Å². The number of carbonyl (C=O) groups is 1. The van der Waals surface area contributed by atoms with Crippen molar-refractivity contribution in [3.05, 3.63) is 29.6 Å². The van der Waals surface area contributed by atoms with Crippen molar-refractivity contribution in [2.24, 2.45) is 0 Å². The van der Waals surface area contributed by atoms with Gasteiger partial charge >= 0.3 is 5.97 Å². The summed E-state index contributed by atoms with van der Waals surface area (Å²) in [5, 5.41) is 0. The lowest BCUT2D eigenvalue weighted by Crippen LogP contribution is -2.14. The van der Waals surface area contributed by atoms with E-state index in [2.05, 4.69) is 0 Å². The molecule has 0 saturated heterocycles. The number of hydrogen-bond donors (Lipinski definition) is 0. The van der Waals surface area contributed by atoms with Crippen LogP contribution in [0.5, 0.6) is 5.75 Å². The topological polar surface area (TPSA) is 35.5 Å². The Bertz CT molecular complexity index is 388. The fraction of sp³-hybridized carbons (Fsp3) is 0.462. The molecule has 1 aromatic carbocycles. The van der Waals surface area contributed by atoms with Gasteiger partial charge in [0.2, 0.25) is 0 Å². The molecule has 0 atom stereocenters. The first-order chi connectivity index (χ1) is 8.02. The molecule has 0 fully saturated rings. The van der Waals surface area contributed by atoms with Gasteiger partial charge in [0.25, 0.3) is 0 Å². The maximum Gasteiger partial charge on any atom is 0.310 e. The Morgan fingerprint density at radius 1 is 1.41 bits per heavy atom. The monoisotopic (exact) mass is 240 g/mol. The van der Waals surface area contributed by atoms with E-state index in [1.165, 1.54) is 18.2 Å². The zero-order valence-electron chi connectivity index (χ0n) is 10.3. The molecule has 3 nitrogen and oxygen atoms in total. The van der Waals surface area contributed by atoms with Crippen molar-refractivity contribution >= 4 is 5.97 Å². The molecule has 0 aromatic heterocycles. The molecule has 1 rings (SSSR count). The molecule has 17 heavy (non-hydrogen) atoms. The first-order valence-electron chi connectivity index (χ1n) is 5.63. The highest BCUT2D eigenvalue weighted by Gasteiger charge is 2.12. The number of carbonyl (C=O) groups excluding carboxylic acids is 1. The molecule has 0 aliphatic heterocycles. The molecule has 1 aromatic rings. The maximum absolute atomic E-state index is 13.1. The smallest absolute Gasteiger partial charge is 0.310 e. The number of rotatable bonds is 5. The van der Waals surface area contributed by atoms with Crippen molar-refractivity contribution in [1.29, 1.82) is 0 Å². The molecule has 0 amide bonds. The van der Waals surface area contributed by atoms with E-state index < -0.39 is 0 Å². The zero-order chi connectivity index (χ0) is 12.8. The first kappa shape index (κ1) is 13.5. The lowest BCUT2D eigenvalue weighted by atomic mass is 10.1. The van der Waals surface area contributed by atoms with Crippen LogP contribution in [0.4, 0.5) is 4.39 Å². The molecule has 0 aliphatic rings. The van der Waals surface area contributed by atoms with Gasteiger partial charge in [-0.2, -0.15) is 0 Å². The van der Waals surface area contributed by atoms with Crippen LogP contribution in [-0.2, 0) is 16.0 Å². The van der Waals surface area contributed by atoms with Crippen molar-refractivity contribution in [3.8, 4) is 5.75 Å². The summed E-state index contributed by atoms with van der Waals surface area (Å²) in [7, 11) is 0. The number of ether oxygens (including phenoxy) is 2. The minimum atomic E-state index is -0.388. The van der Waals surface area contributed by atoms with E-state index >= 15 is 0 Å². The molecule has 0 saturated carbocycles. The van der Waals surface area contributed by atoms with Crippen LogP contribution in [0.1, 0.15) is 26.3 Å². The van der Waals surface area contributed by atoms with Gasteiger partial charge in [0.1, 0.15) is 11.6 Å².